The fourth-order valence-corrected chi connectivity index (χ4v) is 2.18. The average Bonchev–Trinajstić information content (AvgIpc) is 2.95. The third-order valence-corrected chi connectivity index (χ3v) is 3.04. The lowest BCUT2D eigenvalue weighted by molar-refractivity contribution is -0.575. The number of H-pyrrole nitrogens is 1. The van der Waals surface area contributed by atoms with E-state index in [1.807, 2.05) is 0 Å². The molecule has 0 aromatic carbocycles. The molecule has 0 radical (unpaired) electrons. The summed E-state index contributed by atoms with van der Waals surface area (Å²) >= 11 is 3.94. The third kappa shape index (κ3) is 1.12. The molecule has 10 heteroatoms. The van der Waals surface area contributed by atoms with Gasteiger partial charge in [0.15, 0.2) is 5.17 Å². The monoisotopic (exact) mass is 265 g/mol. The van der Waals surface area contributed by atoms with Crippen LogP contribution < -0.4 is 5.32 Å². The molecule has 2 aliphatic heterocycles. The van der Waals surface area contributed by atoms with Gasteiger partial charge in [-0.05, 0) is 0 Å². The summed E-state index contributed by atoms with van der Waals surface area (Å²) in [6.45, 7) is 0. The fraction of sp³-hybridized carbons (Fsp3) is 0.250. The number of aliphatic imine (C=N–C) groups is 3. The molecule has 3 heterocycles. The highest BCUT2D eigenvalue weighted by Crippen LogP contribution is 2.39. The molecule has 0 aliphatic carbocycles. The van der Waals surface area contributed by atoms with Gasteiger partial charge in [0, 0.05) is 12.4 Å². The maximum Gasteiger partial charge on any atom is 0.451 e. The number of thiol groups is 1. The predicted octanol–water partition coefficient (Wildman–Crippen LogP) is -0.463. The SMILES string of the molecule is O=[N+]([O-])C12N=CNC1(c1ncc[nH]1)C=NC(S)=N2. The zero-order valence-corrected chi connectivity index (χ0v) is 9.70. The minimum Gasteiger partial charge on any atom is -0.350 e. The van der Waals surface area contributed by atoms with Crippen LogP contribution in [0.25, 0.3) is 0 Å². The Balaban J connectivity index is 2.26. The largest absolute Gasteiger partial charge is 0.451 e. The fourth-order valence-electron chi connectivity index (χ4n) is 1.99. The topological polar surface area (TPSA) is 121 Å². The lowest BCUT2D eigenvalue weighted by Crippen LogP contribution is -2.61. The van der Waals surface area contributed by atoms with Crippen LogP contribution in [0.4, 0.5) is 0 Å². The molecular weight excluding hydrogens is 258 g/mol. The van der Waals surface area contributed by atoms with Crippen LogP contribution in [-0.4, -0.2) is 38.4 Å². The van der Waals surface area contributed by atoms with Crippen LogP contribution in [0.1, 0.15) is 5.82 Å². The summed E-state index contributed by atoms with van der Waals surface area (Å²) in [7, 11) is 0. The maximum atomic E-state index is 11.4. The van der Waals surface area contributed by atoms with E-state index >= 15 is 0 Å². The van der Waals surface area contributed by atoms with E-state index in [1.54, 1.807) is 6.20 Å². The van der Waals surface area contributed by atoms with Gasteiger partial charge in [-0.2, -0.15) is 9.98 Å². The quantitative estimate of drug-likeness (QED) is 0.380. The van der Waals surface area contributed by atoms with Crippen LogP contribution in [0.2, 0.25) is 0 Å². The molecule has 1 aromatic heterocycles. The molecule has 2 aliphatic rings. The standard InChI is InChI=1S/C8H7N7O2S/c16-15(17)8-7(12-4-13-8,3-11-6(18)14-8)5-9-1-2-10-5/h1-4H,(H,9,10)(H,12,13)(H,14,18). The summed E-state index contributed by atoms with van der Waals surface area (Å²) in [5.41, 5.74) is -1.35. The van der Waals surface area contributed by atoms with Crippen molar-refractivity contribution in [3.8, 4) is 0 Å². The van der Waals surface area contributed by atoms with Crippen molar-refractivity contribution in [3.05, 3.63) is 28.3 Å². The van der Waals surface area contributed by atoms with Crippen LogP contribution >= 0.6 is 12.6 Å². The van der Waals surface area contributed by atoms with Crippen LogP contribution in [0.15, 0.2) is 27.4 Å². The molecule has 0 spiro atoms. The summed E-state index contributed by atoms with van der Waals surface area (Å²) in [6, 6.07) is 0. The molecular formula is C8H7N7O2S. The first-order chi connectivity index (χ1) is 8.61. The number of rotatable bonds is 2. The zero-order chi connectivity index (χ0) is 12.8. The Hall–Kier alpha value is -2.23. The third-order valence-electron chi connectivity index (χ3n) is 2.82. The molecule has 0 saturated carbocycles. The van der Waals surface area contributed by atoms with Gasteiger partial charge < -0.3 is 10.3 Å². The normalized spacial score (nSPS) is 32.8. The van der Waals surface area contributed by atoms with Crippen molar-refractivity contribution < 1.29 is 4.92 Å². The number of aromatic nitrogens is 2. The number of nitrogens with one attached hydrogen (secondary N) is 2. The predicted molar refractivity (Wildman–Crippen MR) is 66.5 cm³/mol. The number of aromatic amines is 1. The molecule has 3 rings (SSSR count). The molecule has 0 fully saturated rings. The number of fused-ring (bicyclic) bond motifs is 1. The van der Waals surface area contributed by atoms with E-state index in [4.69, 9.17) is 0 Å². The minimum absolute atomic E-state index is 0.00488. The highest BCUT2D eigenvalue weighted by molar-refractivity contribution is 7.96. The lowest BCUT2D eigenvalue weighted by atomic mass is 9.91. The van der Waals surface area contributed by atoms with Gasteiger partial charge in [-0.1, -0.05) is 0 Å². The number of amidine groups is 1. The molecule has 92 valence electrons. The van der Waals surface area contributed by atoms with Gasteiger partial charge in [-0.15, -0.1) is 12.6 Å². The van der Waals surface area contributed by atoms with E-state index in [2.05, 4.69) is 42.9 Å². The number of hydrogen-bond donors (Lipinski definition) is 3. The van der Waals surface area contributed by atoms with Crippen molar-refractivity contribution in [2.24, 2.45) is 15.0 Å². The molecule has 0 saturated heterocycles. The highest BCUT2D eigenvalue weighted by atomic mass is 32.1. The Morgan fingerprint density at radius 3 is 3.00 bits per heavy atom. The zero-order valence-electron chi connectivity index (χ0n) is 8.81. The van der Waals surface area contributed by atoms with E-state index in [9.17, 15) is 10.1 Å². The van der Waals surface area contributed by atoms with E-state index in [-0.39, 0.29) is 5.17 Å². The van der Waals surface area contributed by atoms with Crippen molar-refractivity contribution in [2.45, 2.75) is 11.3 Å². The van der Waals surface area contributed by atoms with Crippen molar-refractivity contribution in [2.75, 3.05) is 0 Å². The Morgan fingerprint density at radius 1 is 1.50 bits per heavy atom. The van der Waals surface area contributed by atoms with E-state index in [0.29, 0.717) is 5.82 Å². The summed E-state index contributed by atoms with van der Waals surface area (Å²) in [5.74, 6) is -1.66. The lowest BCUT2D eigenvalue weighted by Gasteiger charge is -2.31. The van der Waals surface area contributed by atoms with Gasteiger partial charge in [0.05, 0.1) is 17.5 Å². The average molecular weight is 265 g/mol. The summed E-state index contributed by atoms with van der Waals surface area (Å²) < 4.78 is 0. The Labute approximate surface area is 106 Å². The van der Waals surface area contributed by atoms with Gasteiger partial charge in [0.2, 0.25) is 5.54 Å². The number of imidazole rings is 1. The molecule has 2 N–H and O–H groups in total. The Bertz CT molecular complexity index is 595. The van der Waals surface area contributed by atoms with Gasteiger partial charge in [-0.25, -0.2) is 9.98 Å². The number of nitro groups is 1. The molecule has 0 bridgehead atoms. The van der Waals surface area contributed by atoms with Gasteiger partial charge in [0.1, 0.15) is 5.82 Å². The molecule has 2 unspecified atom stereocenters. The Morgan fingerprint density at radius 2 is 2.33 bits per heavy atom. The number of hydrogen-bond acceptors (Lipinski definition) is 7. The first-order valence-corrected chi connectivity index (χ1v) is 5.35. The summed E-state index contributed by atoms with van der Waals surface area (Å²) in [5, 5.41) is 14.2. The molecule has 1 aromatic rings. The summed E-state index contributed by atoms with van der Waals surface area (Å²) in [4.78, 5) is 29.3. The van der Waals surface area contributed by atoms with Crippen LogP contribution in [-0.2, 0) is 5.54 Å². The second-order valence-corrected chi connectivity index (χ2v) is 4.11. The molecule has 2 atom stereocenters. The van der Waals surface area contributed by atoms with Crippen LogP contribution in [0.3, 0.4) is 0 Å². The maximum absolute atomic E-state index is 11.4. The van der Waals surface area contributed by atoms with Gasteiger partial charge in [0.25, 0.3) is 0 Å². The highest BCUT2D eigenvalue weighted by Gasteiger charge is 2.69. The van der Waals surface area contributed by atoms with E-state index in [0.717, 1.165) is 0 Å². The molecule has 9 nitrogen and oxygen atoms in total. The van der Waals surface area contributed by atoms with E-state index < -0.39 is 16.2 Å². The Kier molecular flexibility index (Phi) is 2.05. The second-order valence-electron chi connectivity index (χ2n) is 3.71. The summed E-state index contributed by atoms with van der Waals surface area (Å²) in [6.07, 6.45) is 5.62. The second kappa shape index (κ2) is 3.38. The first-order valence-electron chi connectivity index (χ1n) is 4.90. The van der Waals surface area contributed by atoms with E-state index in [1.165, 1.54) is 18.7 Å². The van der Waals surface area contributed by atoms with Crippen LogP contribution in [0, 0.1) is 10.1 Å². The van der Waals surface area contributed by atoms with Gasteiger partial charge in [-0.3, -0.25) is 10.1 Å². The van der Waals surface area contributed by atoms with Crippen molar-refractivity contribution in [1.82, 2.24) is 15.3 Å². The van der Waals surface area contributed by atoms with Crippen molar-refractivity contribution >= 4 is 30.3 Å². The first kappa shape index (κ1) is 10.9. The minimum atomic E-state index is -1.97. The van der Waals surface area contributed by atoms with Crippen molar-refractivity contribution in [3.63, 3.8) is 0 Å². The van der Waals surface area contributed by atoms with Crippen LogP contribution in [0.5, 0.6) is 0 Å². The number of nitrogens with zero attached hydrogens (tertiary/aromatic N) is 5. The van der Waals surface area contributed by atoms with Crippen molar-refractivity contribution in [1.29, 1.82) is 0 Å². The molecule has 0 amide bonds. The smallest absolute Gasteiger partial charge is 0.350 e. The molecule has 18 heavy (non-hydrogen) atoms. The van der Waals surface area contributed by atoms with Gasteiger partial charge >= 0.3 is 5.79 Å².